The molecule has 6 rings (SSSR count). The van der Waals surface area contributed by atoms with Gasteiger partial charge in [-0.25, -0.2) is 9.97 Å². The average Bonchev–Trinajstić information content (AvgIpc) is 3.47. The highest BCUT2D eigenvalue weighted by Crippen LogP contribution is 2.34. The van der Waals surface area contributed by atoms with Gasteiger partial charge >= 0.3 is 0 Å². The number of hydrogen-bond donors (Lipinski definition) is 2. The fraction of sp³-hybridized carbons (Fsp3) is 0.320. The van der Waals surface area contributed by atoms with Crippen LogP contribution < -0.4 is 5.32 Å². The molecule has 9 nitrogen and oxygen atoms in total. The second-order valence-electron chi connectivity index (χ2n) is 9.27. The molecule has 1 aromatic carbocycles. The topological polar surface area (TPSA) is 109 Å². The van der Waals surface area contributed by atoms with Gasteiger partial charge in [-0.1, -0.05) is 30.3 Å². The van der Waals surface area contributed by atoms with Crippen LogP contribution in [0.1, 0.15) is 33.9 Å². The Morgan fingerprint density at radius 1 is 1.18 bits per heavy atom. The molecule has 2 aliphatic rings. The van der Waals surface area contributed by atoms with E-state index in [0.717, 1.165) is 35.3 Å². The molecule has 0 radical (unpaired) electrons. The number of hydrogen-bond acceptors (Lipinski definition) is 5. The number of nitrogens with one attached hydrogen (secondary N) is 2. The molecule has 34 heavy (non-hydrogen) atoms. The lowest BCUT2D eigenvalue weighted by Gasteiger charge is -2.51. The van der Waals surface area contributed by atoms with Crippen LogP contribution in [0, 0.1) is 12.8 Å². The molecule has 1 unspecified atom stereocenters. The van der Waals surface area contributed by atoms with E-state index in [0.29, 0.717) is 30.8 Å². The summed E-state index contributed by atoms with van der Waals surface area (Å²) in [6.07, 6.45) is 6.84. The van der Waals surface area contributed by atoms with Crippen molar-refractivity contribution in [1.82, 2.24) is 34.9 Å². The average molecular weight is 456 g/mol. The zero-order valence-corrected chi connectivity index (χ0v) is 18.9. The van der Waals surface area contributed by atoms with Gasteiger partial charge in [0.25, 0.3) is 5.91 Å². The molecule has 1 atom stereocenters. The van der Waals surface area contributed by atoms with E-state index in [9.17, 15) is 9.59 Å². The van der Waals surface area contributed by atoms with E-state index in [1.807, 2.05) is 49.5 Å². The molecule has 1 fully saturated rings. The van der Waals surface area contributed by atoms with E-state index >= 15 is 0 Å². The third-order valence-electron chi connectivity index (χ3n) is 7.05. The maximum atomic E-state index is 13.3. The molecule has 0 spiro atoms. The smallest absolute Gasteiger partial charge is 0.255 e. The highest BCUT2D eigenvalue weighted by molar-refractivity contribution is 5.98. The monoisotopic (exact) mass is 455 g/mol. The second-order valence-corrected chi connectivity index (χ2v) is 9.27. The van der Waals surface area contributed by atoms with Gasteiger partial charge in [0.15, 0.2) is 5.65 Å². The first-order valence-corrected chi connectivity index (χ1v) is 11.5. The summed E-state index contributed by atoms with van der Waals surface area (Å²) in [5.74, 6) is 0.826. The largest absolute Gasteiger partial charge is 0.343 e. The molecule has 2 amide bonds. The molecule has 0 bridgehead atoms. The van der Waals surface area contributed by atoms with Gasteiger partial charge in [0.2, 0.25) is 5.91 Å². The minimum Gasteiger partial charge on any atom is -0.343 e. The summed E-state index contributed by atoms with van der Waals surface area (Å²) in [6.45, 7) is 3.35. The van der Waals surface area contributed by atoms with Crippen molar-refractivity contribution in [3.05, 3.63) is 77.6 Å². The predicted molar refractivity (Wildman–Crippen MR) is 125 cm³/mol. The van der Waals surface area contributed by atoms with Crippen molar-refractivity contribution < 1.29 is 9.59 Å². The number of imidazole rings is 1. The van der Waals surface area contributed by atoms with E-state index in [1.54, 1.807) is 17.3 Å². The lowest BCUT2D eigenvalue weighted by Crippen LogP contribution is -2.69. The van der Waals surface area contributed by atoms with Crippen LogP contribution in [0.5, 0.6) is 0 Å². The first-order chi connectivity index (χ1) is 16.5. The fourth-order valence-electron chi connectivity index (χ4n) is 5.08. The van der Waals surface area contributed by atoms with Gasteiger partial charge < -0.3 is 14.8 Å². The van der Waals surface area contributed by atoms with Gasteiger partial charge in [-0.2, -0.15) is 5.10 Å². The number of benzene rings is 1. The number of likely N-dealkylation sites (tertiary alicyclic amines) is 1. The Hall–Kier alpha value is -4.01. The van der Waals surface area contributed by atoms with E-state index in [2.05, 4.69) is 30.0 Å². The Balaban J connectivity index is 1.22. The summed E-state index contributed by atoms with van der Waals surface area (Å²) in [5.41, 5.74) is 2.39. The van der Waals surface area contributed by atoms with Crippen LogP contribution in [0.25, 0.3) is 11.0 Å². The fourth-order valence-corrected chi connectivity index (χ4v) is 5.08. The third kappa shape index (κ3) is 3.35. The van der Waals surface area contributed by atoms with E-state index < -0.39 is 5.54 Å². The van der Waals surface area contributed by atoms with Crippen molar-refractivity contribution in [2.75, 3.05) is 13.1 Å². The SMILES string of the molecule is Cc1[nH]nc2ncc(C(=O)N3CC(NC(=O)C4CCc5nccn5C4)(c4ccccc4)C3)cc12. The molecule has 1 saturated heterocycles. The molecule has 0 aliphatic carbocycles. The molecule has 5 heterocycles. The first kappa shape index (κ1) is 20.6. The number of pyridine rings is 1. The van der Waals surface area contributed by atoms with Crippen LogP contribution >= 0.6 is 0 Å². The molecular weight excluding hydrogens is 430 g/mol. The molecule has 172 valence electrons. The summed E-state index contributed by atoms with van der Waals surface area (Å²) in [5, 5.41) is 11.2. The molecule has 0 saturated carbocycles. The van der Waals surface area contributed by atoms with Crippen LogP contribution in [-0.2, 0) is 23.3 Å². The van der Waals surface area contributed by atoms with E-state index in [4.69, 9.17) is 0 Å². The number of carbonyl (C=O) groups excluding carboxylic acids is 2. The number of fused-ring (bicyclic) bond motifs is 2. The van der Waals surface area contributed by atoms with Gasteiger partial charge in [0.1, 0.15) is 11.4 Å². The lowest BCUT2D eigenvalue weighted by atomic mass is 9.81. The third-order valence-corrected chi connectivity index (χ3v) is 7.05. The highest BCUT2D eigenvalue weighted by atomic mass is 16.2. The summed E-state index contributed by atoms with van der Waals surface area (Å²) in [7, 11) is 0. The molecule has 9 heteroatoms. The van der Waals surface area contributed by atoms with Gasteiger partial charge in [-0.15, -0.1) is 0 Å². The number of nitrogens with zero attached hydrogens (tertiary/aromatic N) is 5. The molecule has 2 N–H and O–H groups in total. The number of amides is 2. The molecular formula is C25H25N7O2. The van der Waals surface area contributed by atoms with Crippen molar-refractivity contribution in [2.24, 2.45) is 5.92 Å². The van der Waals surface area contributed by atoms with E-state index in [1.165, 1.54) is 0 Å². The number of aromatic amines is 1. The Morgan fingerprint density at radius 2 is 2.00 bits per heavy atom. The minimum atomic E-state index is -0.605. The number of aryl methyl sites for hydroxylation is 2. The summed E-state index contributed by atoms with van der Waals surface area (Å²) in [4.78, 5) is 37.0. The van der Waals surface area contributed by atoms with Gasteiger partial charge in [0.05, 0.1) is 24.6 Å². The Labute approximate surface area is 196 Å². The predicted octanol–water partition coefficient (Wildman–Crippen LogP) is 2.19. The quantitative estimate of drug-likeness (QED) is 0.490. The minimum absolute atomic E-state index is 0.0208. The number of H-pyrrole nitrogens is 1. The number of carbonyl (C=O) groups is 2. The number of aromatic nitrogens is 5. The van der Waals surface area contributed by atoms with Crippen molar-refractivity contribution in [1.29, 1.82) is 0 Å². The summed E-state index contributed by atoms with van der Waals surface area (Å²) < 4.78 is 2.06. The summed E-state index contributed by atoms with van der Waals surface area (Å²) >= 11 is 0. The molecule has 2 aliphatic heterocycles. The maximum absolute atomic E-state index is 13.3. The van der Waals surface area contributed by atoms with Gasteiger partial charge in [-0.05, 0) is 25.0 Å². The zero-order valence-electron chi connectivity index (χ0n) is 18.9. The lowest BCUT2D eigenvalue weighted by molar-refractivity contribution is -0.130. The Morgan fingerprint density at radius 3 is 2.82 bits per heavy atom. The van der Waals surface area contributed by atoms with Gasteiger partial charge in [-0.3, -0.25) is 14.7 Å². The highest BCUT2D eigenvalue weighted by Gasteiger charge is 2.48. The van der Waals surface area contributed by atoms with Crippen LogP contribution in [0.4, 0.5) is 0 Å². The standard InChI is InChI=1S/C25H25N7O2/c1-16-20-11-18(12-27-22(20)30-29-16)24(34)32-14-25(15-32,19-5-3-2-4-6-19)28-23(33)17-7-8-21-26-9-10-31(21)13-17/h2-6,9-12,17H,7-8,13-15H2,1H3,(H,28,33)(H,27,29,30). The summed E-state index contributed by atoms with van der Waals surface area (Å²) in [6, 6.07) is 11.7. The molecule has 3 aromatic heterocycles. The van der Waals surface area contributed by atoms with Crippen LogP contribution in [0.15, 0.2) is 55.0 Å². The Kier molecular flexibility index (Phi) is 4.72. The normalized spacial score (nSPS) is 18.9. The second kappa shape index (κ2) is 7.79. The van der Waals surface area contributed by atoms with Crippen LogP contribution in [0.2, 0.25) is 0 Å². The molecule has 4 aromatic rings. The number of rotatable bonds is 4. The van der Waals surface area contributed by atoms with Crippen molar-refractivity contribution in [3.63, 3.8) is 0 Å². The maximum Gasteiger partial charge on any atom is 0.255 e. The zero-order chi connectivity index (χ0) is 23.3. The van der Waals surface area contributed by atoms with E-state index in [-0.39, 0.29) is 17.7 Å². The van der Waals surface area contributed by atoms with Crippen molar-refractivity contribution >= 4 is 22.8 Å². The van der Waals surface area contributed by atoms with Crippen LogP contribution in [0.3, 0.4) is 0 Å². The van der Waals surface area contributed by atoms with Crippen LogP contribution in [-0.4, -0.2) is 54.5 Å². The first-order valence-electron chi connectivity index (χ1n) is 11.5. The van der Waals surface area contributed by atoms with Crippen molar-refractivity contribution in [2.45, 2.75) is 31.8 Å². The van der Waals surface area contributed by atoms with Gasteiger partial charge in [0, 0.05) is 42.6 Å². The van der Waals surface area contributed by atoms with Crippen molar-refractivity contribution in [3.8, 4) is 0 Å². The Bertz CT molecular complexity index is 1380.